The van der Waals surface area contributed by atoms with Crippen LogP contribution in [0.1, 0.15) is 23.1 Å². The number of fused-ring (bicyclic) bond motifs is 1. The first-order chi connectivity index (χ1) is 12.0. The van der Waals surface area contributed by atoms with Crippen LogP contribution in [0.5, 0.6) is 0 Å². The van der Waals surface area contributed by atoms with E-state index in [2.05, 4.69) is 30.3 Å². The molecule has 1 heterocycles. The molecule has 1 saturated heterocycles. The van der Waals surface area contributed by atoms with Gasteiger partial charge in [0.1, 0.15) is 5.60 Å². The number of sulfonamides is 1. The summed E-state index contributed by atoms with van der Waals surface area (Å²) in [5.74, 6) is 0.383. The standard InChI is InChI=1S/C20H21NO3S/c1-24-20(14-8-4-3-5-9-14)17-11-7-6-10-16(17)19-12-15(19)13-21(18(19)20)25(2,22)23/h3-11,15,18H,12-13H2,1-2H3/t15-,18-,19-,20+/m0/s1. The van der Waals surface area contributed by atoms with Crippen molar-refractivity contribution in [3.05, 3.63) is 71.3 Å². The Morgan fingerprint density at radius 1 is 1.04 bits per heavy atom. The van der Waals surface area contributed by atoms with Crippen LogP contribution in [-0.4, -0.2) is 38.7 Å². The average Bonchev–Trinajstić information content (AvgIpc) is 3.13. The summed E-state index contributed by atoms with van der Waals surface area (Å²) < 4.78 is 33.1. The van der Waals surface area contributed by atoms with E-state index >= 15 is 0 Å². The molecule has 2 aliphatic carbocycles. The van der Waals surface area contributed by atoms with Gasteiger partial charge in [-0.1, -0.05) is 54.6 Å². The molecule has 5 heteroatoms. The Labute approximate surface area is 148 Å². The van der Waals surface area contributed by atoms with Gasteiger partial charge in [-0.25, -0.2) is 8.42 Å². The second kappa shape index (κ2) is 4.72. The summed E-state index contributed by atoms with van der Waals surface area (Å²) >= 11 is 0. The van der Waals surface area contributed by atoms with Crippen molar-refractivity contribution in [3.8, 4) is 0 Å². The lowest BCUT2D eigenvalue weighted by molar-refractivity contribution is -0.0240. The quantitative estimate of drug-likeness (QED) is 0.850. The second-order valence-electron chi connectivity index (χ2n) is 7.53. The van der Waals surface area contributed by atoms with E-state index in [0.717, 1.165) is 17.5 Å². The van der Waals surface area contributed by atoms with Crippen LogP contribution in [-0.2, 0) is 25.8 Å². The topological polar surface area (TPSA) is 46.6 Å². The third-order valence-corrected chi connectivity index (χ3v) is 7.70. The van der Waals surface area contributed by atoms with Crippen LogP contribution in [0, 0.1) is 5.92 Å². The number of benzene rings is 2. The number of piperidine rings is 1. The normalized spacial score (nSPS) is 35.9. The molecule has 1 spiro atoms. The third kappa shape index (κ3) is 1.71. The van der Waals surface area contributed by atoms with E-state index in [9.17, 15) is 8.42 Å². The monoisotopic (exact) mass is 355 g/mol. The minimum absolute atomic E-state index is 0.106. The van der Waals surface area contributed by atoms with Crippen molar-refractivity contribution in [3.63, 3.8) is 0 Å². The third-order valence-electron chi connectivity index (χ3n) is 6.49. The molecule has 4 nitrogen and oxygen atoms in total. The van der Waals surface area contributed by atoms with Crippen molar-refractivity contribution in [1.82, 2.24) is 4.31 Å². The maximum atomic E-state index is 12.6. The zero-order valence-electron chi connectivity index (χ0n) is 14.3. The maximum absolute atomic E-state index is 12.6. The van der Waals surface area contributed by atoms with E-state index < -0.39 is 15.6 Å². The Morgan fingerprint density at radius 3 is 2.32 bits per heavy atom. The van der Waals surface area contributed by atoms with Crippen molar-refractivity contribution >= 4 is 10.0 Å². The molecule has 5 rings (SSSR count). The summed E-state index contributed by atoms with van der Waals surface area (Å²) in [5, 5.41) is 0. The Bertz CT molecular complexity index is 958. The second-order valence-corrected chi connectivity index (χ2v) is 9.46. The molecule has 2 aromatic carbocycles. The lowest BCUT2D eigenvalue weighted by atomic mass is 9.82. The van der Waals surface area contributed by atoms with Gasteiger partial charge < -0.3 is 4.74 Å². The molecule has 0 bridgehead atoms. The molecule has 0 N–H and O–H groups in total. The van der Waals surface area contributed by atoms with Gasteiger partial charge in [0, 0.05) is 19.1 Å². The summed E-state index contributed by atoms with van der Waals surface area (Å²) in [7, 11) is -1.61. The smallest absolute Gasteiger partial charge is 0.211 e. The van der Waals surface area contributed by atoms with E-state index in [-0.39, 0.29) is 11.5 Å². The molecule has 0 radical (unpaired) electrons. The Hall–Kier alpha value is -1.69. The molecule has 1 saturated carbocycles. The first-order valence-electron chi connectivity index (χ1n) is 8.64. The van der Waals surface area contributed by atoms with E-state index in [1.54, 1.807) is 11.4 Å². The molecule has 0 aromatic heterocycles. The Balaban J connectivity index is 1.85. The lowest BCUT2D eigenvalue weighted by Gasteiger charge is -2.40. The van der Waals surface area contributed by atoms with Crippen molar-refractivity contribution in [2.45, 2.75) is 23.5 Å². The first-order valence-corrected chi connectivity index (χ1v) is 10.5. The van der Waals surface area contributed by atoms with Gasteiger partial charge in [-0.3, -0.25) is 0 Å². The molecule has 130 valence electrons. The molecular weight excluding hydrogens is 334 g/mol. The lowest BCUT2D eigenvalue weighted by Crippen LogP contribution is -2.52. The number of hydrogen-bond acceptors (Lipinski definition) is 3. The van der Waals surface area contributed by atoms with Gasteiger partial charge in [0.2, 0.25) is 10.0 Å². The molecule has 2 fully saturated rings. The van der Waals surface area contributed by atoms with E-state index in [1.165, 1.54) is 11.8 Å². The number of ether oxygens (including phenoxy) is 1. The summed E-state index contributed by atoms with van der Waals surface area (Å²) in [6.07, 6.45) is 2.36. The predicted octanol–water partition coefficient (Wildman–Crippen LogP) is 2.49. The molecule has 0 unspecified atom stereocenters. The van der Waals surface area contributed by atoms with Crippen LogP contribution in [0.2, 0.25) is 0 Å². The highest BCUT2D eigenvalue weighted by Gasteiger charge is 2.78. The van der Waals surface area contributed by atoms with Gasteiger partial charge in [0.25, 0.3) is 0 Å². The number of methoxy groups -OCH3 is 1. The minimum atomic E-state index is -3.32. The van der Waals surface area contributed by atoms with Gasteiger partial charge in [-0.05, 0) is 29.0 Å². The van der Waals surface area contributed by atoms with Crippen LogP contribution in [0.25, 0.3) is 0 Å². The van der Waals surface area contributed by atoms with Gasteiger partial charge in [-0.2, -0.15) is 4.31 Å². The Kier molecular flexibility index (Phi) is 2.94. The summed E-state index contributed by atoms with van der Waals surface area (Å²) in [5.41, 5.74) is 2.54. The molecule has 4 atom stereocenters. The highest BCUT2D eigenvalue weighted by Crippen LogP contribution is 2.72. The minimum Gasteiger partial charge on any atom is -0.367 e. The van der Waals surface area contributed by atoms with Crippen LogP contribution in [0.4, 0.5) is 0 Å². The molecular formula is C20H21NO3S. The number of nitrogens with zero attached hydrogens (tertiary/aromatic N) is 1. The van der Waals surface area contributed by atoms with Gasteiger partial charge in [0.05, 0.1) is 12.3 Å². The SMILES string of the molecule is CO[C@]1(c2ccccc2)c2ccccc2[C@]23C[C@H]2CN(S(C)(=O)=O)[C@H]13. The molecule has 3 aliphatic rings. The maximum Gasteiger partial charge on any atom is 0.211 e. The summed E-state index contributed by atoms with van der Waals surface area (Å²) in [6.45, 7) is 0.593. The van der Waals surface area contributed by atoms with Crippen LogP contribution in [0.15, 0.2) is 54.6 Å². The molecule has 25 heavy (non-hydrogen) atoms. The molecule has 0 amide bonds. The van der Waals surface area contributed by atoms with Crippen molar-refractivity contribution in [1.29, 1.82) is 0 Å². The fraction of sp³-hybridized carbons (Fsp3) is 0.400. The van der Waals surface area contributed by atoms with E-state index in [4.69, 9.17) is 4.74 Å². The number of rotatable bonds is 3. The van der Waals surface area contributed by atoms with Gasteiger partial charge in [-0.15, -0.1) is 0 Å². The van der Waals surface area contributed by atoms with Crippen LogP contribution >= 0.6 is 0 Å². The zero-order chi connectivity index (χ0) is 17.4. The largest absolute Gasteiger partial charge is 0.367 e. The van der Waals surface area contributed by atoms with E-state index in [1.807, 2.05) is 24.3 Å². The fourth-order valence-electron chi connectivity index (χ4n) is 5.56. The van der Waals surface area contributed by atoms with Crippen LogP contribution < -0.4 is 0 Å². The highest BCUT2D eigenvalue weighted by molar-refractivity contribution is 7.88. The predicted molar refractivity (Wildman–Crippen MR) is 95.8 cm³/mol. The summed E-state index contributed by atoms with van der Waals surface area (Å²) in [6, 6.07) is 18.2. The fourth-order valence-corrected chi connectivity index (χ4v) is 6.73. The average molecular weight is 355 g/mol. The number of hydrogen-bond donors (Lipinski definition) is 0. The highest BCUT2D eigenvalue weighted by atomic mass is 32.2. The zero-order valence-corrected chi connectivity index (χ0v) is 15.2. The molecule has 1 aliphatic heterocycles. The Morgan fingerprint density at radius 2 is 1.68 bits per heavy atom. The molecule has 2 aromatic rings. The van der Waals surface area contributed by atoms with Gasteiger partial charge >= 0.3 is 0 Å². The summed E-state index contributed by atoms with van der Waals surface area (Å²) in [4.78, 5) is 0. The van der Waals surface area contributed by atoms with Crippen LogP contribution in [0.3, 0.4) is 0 Å². The van der Waals surface area contributed by atoms with E-state index in [0.29, 0.717) is 12.5 Å². The van der Waals surface area contributed by atoms with Gasteiger partial charge in [0.15, 0.2) is 0 Å². The van der Waals surface area contributed by atoms with Crippen molar-refractivity contribution in [2.75, 3.05) is 19.9 Å². The first kappa shape index (κ1) is 15.6. The van der Waals surface area contributed by atoms with Crippen molar-refractivity contribution in [2.24, 2.45) is 5.92 Å². The van der Waals surface area contributed by atoms with Crippen molar-refractivity contribution < 1.29 is 13.2 Å².